The van der Waals surface area contributed by atoms with Crippen molar-refractivity contribution in [2.24, 2.45) is 11.8 Å². The van der Waals surface area contributed by atoms with Crippen molar-refractivity contribution in [1.82, 2.24) is 5.32 Å². The van der Waals surface area contributed by atoms with Crippen molar-refractivity contribution < 1.29 is 0 Å². The molecule has 1 fully saturated rings. The van der Waals surface area contributed by atoms with Gasteiger partial charge in [-0.2, -0.15) is 0 Å². The Balaban J connectivity index is 2.48. The van der Waals surface area contributed by atoms with Crippen LogP contribution in [0.5, 0.6) is 0 Å². The molecule has 1 N–H and O–H groups in total. The van der Waals surface area contributed by atoms with E-state index in [1.165, 1.54) is 47.1 Å². The van der Waals surface area contributed by atoms with Gasteiger partial charge in [-0.3, -0.25) is 0 Å². The molecule has 0 saturated heterocycles. The van der Waals surface area contributed by atoms with Crippen molar-refractivity contribution in [2.45, 2.75) is 73.8 Å². The Hall–Kier alpha value is -0.820. The fourth-order valence-corrected chi connectivity index (χ4v) is 3.74. The van der Waals surface area contributed by atoms with Gasteiger partial charge in [-0.1, -0.05) is 13.8 Å². The van der Waals surface area contributed by atoms with Crippen molar-refractivity contribution in [2.75, 3.05) is 6.54 Å². The lowest BCUT2D eigenvalue weighted by Gasteiger charge is -2.31. The lowest BCUT2D eigenvalue weighted by Crippen LogP contribution is -2.30. The van der Waals surface area contributed by atoms with Gasteiger partial charge in [0.2, 0.25) is 0 Å². The van der Waals surface area contributed by atoms with E-state index >= 15 is 0 Å². The van der Waals surface area contributed by atoms with Crippen LogP contribution in [0.3, 0.4) is 0 Å². The zero-order valence-corrected chi connectivity index (χ0v) is 15.1. The van der Waals surface area contributed by atoms with Crippen LogP contribution in [0.1, 0.15) is 72.5 Å². The van der Waals surface area contributed by atoms with Crippen LogP contribution >= 0.6 is 0 Å². The summed E-state index contributed by atoms with van der Waals surface area (Å²) in [5.41, 5.74) is 9.05. The standard InChI is InChI=1S/C20H33N/c1-8-11-21-20(17(7)18-9-10-18)19-15(5)13(3)12(2)14(4)16(19)6/h17-18,20-21H,8-11H2,1-7H3. The summed E-state index contributed by atoms with van der Waals surface area (Å²) in [7, 11) is 0. The van der Waals surface area contributed by atoms with E-state index in [4.69, 9.17) is 0 Å². The molecule has 1 saturated carbocycles. The van der Waals surface area contributed by atoms with Crippen LogP contribution in [-0.4, -0.2) is 6.54 Å². The quantitative estimate of drug-likeness (QED) is 0.747. The Morgan fingerprint density at radius 3 is 1.81 bits per heavy atom. The zero-order valence-electron chi connectivity index (χ0n) is 15.1. The van der Waals surface area contributed by atoms with Crippen molar-refractivity contribution in [1.29, 1.82) is 0 Å². The Labute approximate surface area is 131 Å². The summed E-state index contributed by atoms with van der Waals surface area (Å²) in [5, 5.41) is 3.86. The third kappa shape index (κ3) is 3.18. The molecule has 2 atom stereocenters. The Kier molecular flexibility index (Phi) is 5.14. The van der Waals surface area contributed by atoms with Gasteiger partial charge >= 0.3 is 0 Å². The molecular weight excluding hydrogens is 254 g/mol. The van der Waals surface area contributed by atoms with Gasteiger partial charge in [0.15, 0.2) is 0 Å². The minimum atomic E-state index is 0.524. The first-order chi connectivity index (χ1) is 9.90. The molecule has 118 valence electrons. The lowest BCUT2D eigenvalue weighted by molar-refractivity contribution is 0.347. The number of rotatable bonds is 6. The van der Waals surface area contributed by atoms with Gasteiger partial charge in [0.05, 0.1) is 0 Å². The van der Waals surface area contributed by atoms with E-state index in [2.05, 4.69) is 53.8 Å². The van der Waals surface area contributed by atoms with Crippen molar-refractivity contribution >= 4 is 0 Å². The third-order valence-corrected chi connectivity index (χ3v) is 5.87. The summed E-state index contributed by atoms with van der Waals surface area (Å²) in [6, 6.07) is 0.524. The number of nitrogens with one attached hydrogen (secondary N) is 1. The molecule has 0 radical (unpaired) electrons. The summed E-state index contributed by atoms with van der Waals surface area (Å²) in [6.07, 6.45) is 4.05. The predicted molar refractivity (Wildman–Crippen MR) is 93.0 cm³/mol. The molecule has 0 aromatic heterocycles. The fourth-order valence-electron chi connectivity index (χ4n) is 3.74. The van der Waals surface area contributed by atoms with Crippen LogP contribution in [0.25, 0.3) is 0 Å². The van der Waals surface area contributed by atoms with Gasteiger partial charge in [0.1, 0.15) is 0 Å². The predicted octanol–water partition coefficient (Wildman–Crippen LogP) is 5.32. The van der Waals surface area contributed by atoms with Crippen LogP contribution in [0.2, 0.25) is 0 Å². The van der Waals surface area contributed by atoms with Gasteiger partial charge in [-0.25, -0.2) is 0 Å². The van der Waals surface area contributed by atoms with E-state index in [0.717, 1.165) is 18.4 Å². The molecule has 1 nitrogen and oxygen atoms in total. The van der Waals surface area contributed by atoms with E-state index in [1.54, 1.807) is 5.56 Å². The topological polar surface area (TPSA) is 12.0 Å². The van der Waals surface area contributed by atoms with Crippen LogP contribution in [0.15, 0.2) is 0 Å². The van der Waals surface area contributed by atoms with Gasteiger partial charge in [-0.05, 0) is 106 Å². The average molecular weight is 287 g/mol. The van der Waals surface area contributed by atoms with Crippen LogP contribution < -0.4 is 5.32 Å². The van der Waals surface area contributed by atoms with Crippen molar-refractivity contribution in [3.05, 3.63) is 33.4 Å². The monoisotopic (exact) mass is 287 g/mol. The summed E-state index contributed by atoms with van der Waals surface area (Å²) in [4.78, 5) is 0. The molecule has 1 aromatic carbocycles. The maximum absolute atomic E-state index is 3.86. The first kappa shape index (κ1) is 16.5. The van der Waals surface area contributed by atoms with Crippen LogP contribution in [0.4, 0.5) is 0 Å². The SMILES string of the molecule is CCCNC(c1c(C)c(C)c(C)c(C)c1C)C(C)C1CC1. The highest BCUT2D eigenvalue weighted by Crippen LogP contribution is 2.44. The molecule has 0 spiro atoms. The number of hydrogen-bond acceptors (Lipinski definition) is 1. The van der Waals surface area contributed by atoms with Gasteiger partial charge in [0.25, 0.3) is 0 Å². The van der Waals surface area contributed by atoms with Crippen molar-refractivity contribution in [3.8, 4) is 0 Å². The second-order valence-electron chi connectivity index (χ2n) is 7.17. The third-order valence-electron chi connectivity index (χ3n) is 5.87. The first-order valence-corrected chi connectivity index (χ1v) is 8.70. The Morgan fingerprint density at radius 1 is 0.905 bits per heavy atom. The highest BCUT2D eigenvalue weighted by molar-refractivity contribution is 5.51. The van der Waals surface area contributed by atoms with E-state index in [1.807, 2.05) is 0 Å². The van der Waals surface area contributed by atoms with Gasteiger partial charge < -0.3 is 5.32 Å². The van der Waals surface area contributed by atoms with E-state index < -0.39 is 0 Å². The minimum absolute atomic E-state index is 0.524. The second-order valence-corrected chi connectivity index (χ2v) is 7.17. The molecular formula is C20H33N. The number of hydrogen-bond donors (Lipinski definition) is 1. The molecule has 1 aliphatic carbocycles. The first-order valence-electron chi connectivity index (χ1n) is 8.70. The highest BCUT2D eigenvalue weighted by Gasteiger charge is 2.35. The normalized spacial score (nSPS) is 17.9. The van der Waals surface area contributed by atoms with Crippen LogP contribution in [0, 0.1) is 46.5 Å². The molecule has 0 aliphatic heterocycles. The maximum Gasteiger partial charge on any atom is 0.0354 e. The smallest absolute Gasteiger partial charge is 0.0354 e. The van der Waals surface area contributed by atoms with Gasteiger partial charge in [0, 0.05) is 6.04 Å². The zero-order chi connectivity index (χ0) is 15.7. The van der Waals surface area contributed by atoms with E-state index in [-0.39, 0.29) is 0 Å². The summed E-state index contributed by atoms with van der Waals surface area (Å²) < 4.78 is 0. The second kappa shape index (κ2) is 6.52. The van der Waals surface area contributed by atoms with E-state index in [0.29, 0.717) is 6.04 Å². The Morgan fingerprint density at radius 2 is 1.38 bits per heavy atom. The molecule has 0 bridgehead atoms. The van der Waals surface area contributed by atoms with Crippen LogP contribution in [-0.2, 0) is 0 Å². The number of benzene rings is 1. The Bertz CT molecular complexity index is 482. The molecule has 1 aliphatic rings. The lowest BCUT2D eigenvalue weighted by atomic mass is 9.81. The van der Waals surface area contributed by atoms with Crippen molar-refractivity contribution in [3.63, 3.8) is 0 Å². The molecule has 0 amide bonds. The summed E-state index contributed by atoms with van der Waals surface area (Å²) >= 11 is 0. The molecule has 1 heteroatoms. The molecule has 2 rings (SSSR count). The van der Waals surface area contributed by atoms with Gasteiger partial charge in [-0.15, -0.1) is 0 Å². The van der Waals surface area contributed by atoms with E-state index in [9.17, 15) is 0 Å². The molecule has 2 unspecified atom stereocenters. The molecule has 1 aromatic rings. The fraction of sp³-hybridized carbons (Fsp3) is 0.700. The minimum Gasteiger partial charge on any atom is -0.310 e. The largest absolute Gasteiger partial charge is 0.310 e. The molecule has 0 heterocycles. The summed E-state index contributed by atoms with van der Waals surface area (Å²) in [6.45, 7) is 17.3. The highest BCUT2D eigenvalue weighted by atomic mass is 14.9. The maximum atomic E-state index is 3.86. The molecule has 21 heavy (non-hydrogen) atoms. The summed E-state index contributed by atoms with van der Waals surface area (Å²) in [5.74, 6) is 1.68. The average Bonchev–Trinajstić information content (AvgIpc) is 3.30.